The summed E-state index contributed by atoms with van der Waals surface area (Å²) in [5.74, 6) is -2.07. The highest BCUT2D eigenvalue weighted by molar-refractivity contribution is 5.93. The van der Waals surface area contributed by atoms with Crippen LogP contribution >= 0.6 is 0 Å². The Bertz CT molecular complexity index is 2540. The van der Waals surface area contributed by atoms with Crippen LogP contribution in [0.2, 0.25) is 0 Å². The van der Waals surface area contributed by atoms with Gasteiger partial charge in [0.1, 0.15) is 11.3 Å². The highest BCUT2D eigenvalue weighted by atomic mass is 16.7. The number of amides is 2. The lowest BCUT2D eigenvalue weighted by molar-refractivity contribution is -0.0763. The minimum Gasteiger partial charge on any atom is -0.503 e. The van der Waals surface area contributed by atoms with Gasteiger partial charge in [-0.15, -0.1) is 0 Å². The highest BCUT2D eigenvalue weighted by Crippen LogP contribution is 2.42. The van der Waals surface area contributed by atoms with Gasteiger partial charge >= 0.3 is 5.91 Å². The van der Waals surface area contributed by atoms with Crippen molar-refractivity contribution in [3.05, 3.63) is 104 Å². The molecule has 2 aliphatic carbocycles. The second-order valence-corrected chi connectivity index (χ2v) is 16.4. The van der Waals surface area contributed by atoms with E-state index in [4.69, 9.17) is 4.84 Å². The predicted octanol–water partition coefficient (Wildman–Crippen LogP) is 5.66. The third kappa shape index (κ3) is 8.08. The molecule has 6 aromatic rings. The van der Waals surface area contributed by atoms with Crippen LogP contribution in [-0.4, -0.2) is 97.9 Å². The third-order valence-electron chi connectivity index (χ3n) is 12.5. The molecule has 0 spiro atoms. The number of hydrogen-bond donors (Lipinski definition) is 2. The van der Waals surface area contributed by atoms with Crippen molar-refractivity contribution in [2.24, 2.45) is 0 Å². The first-order valence-corrected chi connectivity index (χ1v) is 21.4. The van der Waals surface area contributed by atoms with Gasteiger partial charge in [-0.05, 0) is 81.3 Å². The van der Waals surface area contributed by atoms with Gasteiger partial charge in [0.2, 0.25) is 5.69 Å². The van der Waals surface area contributed by atoms with E-state index in [2.05, 4.69) is 67.7 Å². The zero-order chi connectivity index (χ0) is 44.3. The molecule has 1 saturated heterocycles. The molecule has 2 N–H and O–H groups in total. The SMILES string of the molecule is CC.CON(C)C(=O)c1nn(CC2(n3cc(C)c4cccnc43)CCCC2)cc(O)c1=O.Cc1cn(C2(Cn3cc(O)c(=O)c(C(=O)N4CCC4)n3)CCCC2)c2ncccc12. The van der Waals surface area contributed by atoms with E-state index < -0.39 is 34.2 Å². The Morgan fingerprint density at radius 2 is 1.15 bits per heavy atom. The summed E-state index contributed by atoms with van der Waals surface area (Å²) in [6.45, 7) is 10.2. The van der Waals surface area contributed by atoms with Gasteiger partial charge in [-0.2, -0.15) is 10.2 Å². The minimum atomic E-state index is -0.815. The van der Waals surface area contributed by atoms with Crippen LogP contribution < -0.4 is 10.9 Å². The van der Waals surface area contributed by atoms with Gasteiger partial charge in [0.05, 0.1) is 43.7 Å². The first-order chi connectivity index (χ1) is 29.8. The van der Waals surface area contributed by atoms with Gasteiger partial charge in [0.15, 0.2) is 17.2 Å². The van der Waals surface area contributed by atoms with Crippen molar-refractivity contribution in [2.45, 2.75) is 110 Å². The predicted molar refractivity (Wildman–Crippen MR) is 233 cm³/mol. The zero-order valence-electron chi connectivity index (χ0n) is 36.4. The molecule has 2 amide bonds. The van der Waals surface area contributed by atoms with Crippen molar-refractivity contribution in [3.63, 3.8) is 0 Å². The molecule has 2 saturated carbocycles. The highest BCUT2D eigenvalue weighted by Gasteiger charge is 2.40. The number of nitrogens with zero attached hydrogens (tertiary/aromatic N) is 10. The molecule has 3 aliphatic rings. The van der Waals surface area contributed by atoms with E-state index in [0.29, 0.717) is 26.2 Å². The van der Waals surface area contributed by atoms with E-state index >= 15 is 0 Å². The molecule has 1 aliphatic heterocycles. The first kappa shape index (κ1) is 43.7. The summed E-state index contributed by atoms with van der Waals surface area (Å²) in [4.78, 5) is 65.5. The molecule has 0 aromatic carbocycles. The summed E-state index contributed by atoms with van der Waals surface area (Å²) in [7, 11) is 2.70. The van der Waals surface area contributed by atoms with Crippen molar-refractivity contribution >= 4 is 33.9 Å². The smallest absolute Gasteiger partial charge is 0.301 e. The fourth-order valence-corrected chi connectivity index (χ4v) is 9.18. The Morgan fingerprint density at radius 1 is 0.710 bits per heavy atom. The summed E-state index contributed by atoms with van der Waals surface area (Å²) in [5, 5.41) is 32.2. The van der Waals surface area contributed by atoms with Gasteiger partial charge in [-0.3, -0.25) is 33.4 Å². The van der Waals surface area contributed by atoms with Crippen LogP contribution in [0, 0.1) is 13.8 Å². The molecular formula is C45H56N10O7. The second kappa shape index (κ2) is 17.9. The molecule has 0 unspecified atom stereocenters. The number of hydrogen-bond acceptors (Lipinski definition) is 11. The van der Waals surface area contributed by atoms with Crippen molar-refractivity contribution in [1.29, 1.82) is 0 Å². The number of aryl methyl sites for hydroxylation is 2. The number of aromatic nitrogens is 8. The fourth-order valence-electron chi connectivity index (χ4n) is 9.18. The molecule has 3 fully saturated rings. The molecule has 328 valence electrons. The quantitative estimate of drug-likeness (QED) is 0.171. The molecule has 0 radical (unpaired) electrons. The van der Waals surface area contributed by atoms with Crippen molar-refractivity contribution in [2.75, 3.05) is 27.2 Å². The molecular weight excluding hydrogens is 793 g/mol. The van der Waals surface area contributed by atoms with Crippen LogP contribution in [0.1, 0.15) is 104 Å². The Labute approximate surface area is 359 Å². The molecule has 6 aromatic heterocycles. The molecule has 0 atom stereocenters. The Hall–Kier alpha value is -6.36. The van der Waals surface area contributed by atoms with E-state index in [9.17, 15) is 29.4 Å². The van der Waals surface area contributed by atoms with Crippen LogP contribution in [0.15, 0.2) is 71.0 Å². The first-order valence-electron chi connectivity index (χ1n) is 21.4. The summed E-state index contributed by atoms with van der Waals surface area (Å²) in [5.41, 5.74) is 1.45. The zero-order valence-corrected chi connectivity index (χ0v) is 36.4. The number of hydroxylamine groups is 2. The van der Waals surface area contributed by atoms with Crippen LogP contribution in [0.3, 0.4) is 0 Å². The van der Waals surface area contributed by atoms with Gasteiger partial charge in [-0.25, -0.2) is 15.0 Å². The van der Waals surface area contributed by atoms with E-state index in [1.165, 1.54) is 31.2 Å². The number of carbonyl (C=O) groups is 2. The normalized spacial score (nSPS) is 16.3. The summed E-state index contributed by atoms with van der Waals surface area (Å²) in [6.07, 6.45) is 19.3. The van der Waals surface area contributed by atoms with Crippen LogP contribution in [0.5, 0.6) is 11.5 Å². The maximum Gasteiger partial charge on any atom is 0.301 e. The second-order valence-electron chi connectivity index (χ2n) is 16.4. The summed E-state index contributed by atoms with van der Waals surface area (Å²) in [6, 6.07) is 7.99. The van der Waals surface area contributed by atoms with E-state index in [1.54, 1.807) is 22.0 Å². The molecule has 0 bridgehead atoms. The Morgan fingerprint density at radius 3 is 1.56 bits per heavy atom. The third-order valence-corrected chi connectivity index (χ3v) is 12.5. The van der Waals surface area contributed by atoms with Crippen LogP contribution in [0.4, 0.5) is 0 Å². The molecule has 17 nitrogen and oxygen atoms in total. The Kier molecular flexibility index (Phi) is 12.6. The summed E-state index contributed by atoms with van der Waals surface area (Å²) < 4.78 is 7.49. The standard InChI is InChI=1S/C22H25N5O3.C21H25N5O4.C2H6/c1-15-12-27(20-16(15)6-4-9-23-20)22(7-2-3-8-22)14-26-13-17(28)19(29)18(24-26)21(30)25-10-5-11-25;1-14-11-26(19-15(14)7-6-10-22-19)21(8-4-5-9-21)13-25-12-16(27)18(28)17(23-25)20(29)24(2)30-3;1-2/h4,6,9,12-13,28H,2-3,5,7-8,10-11,14H2,1H3;6-7,10-12,27H,4-5,8-9,13H2,1-3H3;1-2H3. The number of fused-ring (bicyclic) bond motifs is 2. The molecule has 9 rings (SSSR count). The average Bonchev–Trinajstić information content (AvgIpc) is 4.07. The number of pyridine rings is 2. The Balaban J connectivity index is 0.000000179. The lowest BCUT2D eigenvalue weighted by Crippen LogP contribution is -2.45. The number of likely N-dealkylation sites (tertiary alicyclic amines) is 1. The number of rotatable bonds is 9. The van der Waals surface area contributed by atoms with E-state index in [-0.39, 0.29) is 22.5 Å². The molecule has 7 heterocycles. The van der Waals surface area contributed by atoms with Crippen LogP contribution in [0.25, 0.3) is 22.1 Å². The maximum absolute atomic E-state index is 12.6. The fraction of sp³-hybridized carbons (Fsp3) is 0.467. The van der Waals surface area contributed by atoms with Crippen molar-refractivity contribution in [3.8, 4) is 11.5 Å². The van der Waals surface area contributed by atoms with Crippen molar-refractivity contribution < 1.29 is 24.6 Å². The lowest BCUT2D eigenvalue weighted by atomic mass is 9.97. The topological polar surface area (TPSA) is 196 Å². The number of aromatic hydroxyl groups is 2. The van der Waals surface area contributed by atoms with Gasteiger partial charge < -0.3 is 24.2 Å². The van der Waals surface area contributed by atoms with Crippen molar-refractivity contribution in [1.82, 2.24) is 48.6 Å². The van der Waals surface area contributed by atoms with Gasteiger partial charge in [0.25, 0.3) is 16.8 Å². The average molecular weight is 849 g/mol. The maximum atomic E-state index is 12.6. The molecule has 62 heavy (non-hydrogen) atoms. The van der Waals surface area contributed by atoms with E-state index in [1.807, 2.05) is 26.0 Å². The molecule has 17 heteroatoms. The van der Waals surface area contributed by atoms with Crippen LogP contribution in [-0.2, 0) is 29.0 Å². The minimum absolute atomic E-state index is 0.200. The lowest BCUT2D eigenvalue weighted by Gasteiger charge is -2.33. The van der Waals surface area contributed by atoms with E-state index in [0.717, 1.165) is 96.0 Å². The number of carbonyl (C=O) groups excluding carboxylic acids is 2. The monoisotopic (exact) mass is 848 g/mol. The largest absolute Gasteiger partial charge is 0.503 e. The van der Waals surface area contributed by atoms with Gasteiger partial charge in [-0.1, -0.05) is 39.5 Å². The summed E-state index contributed by atoms with van der Waals surface area (Å²) >= 11 is 0. The van der Waals surface area contributed by atoms with Gasteiger partial charge in [0, 0.05) is 55.7 Å².